The Balaban J connectivity index is 2.57. The first-order chi connectivity index (χ1) is 9.06. The fourth-order valence-electron chi connectivity index (χ4n) is 2.34. The Morgan fingerprint density at radius 1 is 1.11 bits per heavy atom. The van der Waals surface area contributed by atoms with Gasteiger partial charge in [-0.2, -0.15) is 0 Å². The summed E-state index contributed by atoms with van der Waals surface area (Å²) in [5.41, 5.74) is 2.65. The average Bonchev–Trinajstić information content (AvgIpc) is 2.37. The fraction of sp³-hybridized carbons (Fsp3) is 0.750. The normalized spacial score (nSPS) is 11.2. The number of aromatic amines is 1. The van der Waals surface area contributed by atoms with E-state index in [2.05, 4.69) is 30.7 Å². The van der Waals surface area contributed by atoms with Crippen molar-refractivity contribution in [1.82, 2.24) is 9.97 Å². The molecule has 0 aliphatic carbocycles. The predicted octanol–water partition coefficient (Wildman–Crippen LogP) is 4.10. The lowest BCUT2D eigenvalue weighted by atomic mass is 10.0. The molecule has 0 saturated carbocycles. The maximum Gasteiger partial charge on any atom is 0.269 e. The number of H-pyrrole nitrogens is 1. The SMILES string of the molecule is CCCCCCCCc1[nH]c(=O)c(C)nc1C(C)C. The van der Waals surface area contributed by atoms with Crippen molar-refractivity contribution in [2.45, 2.75) is 78.6 Å². The molecule has 0 aromatic carbocycles. The molecule has 1 rings (SSSR count). The lowest BCUT2D eigenvalue weighted by Gasteiger charge is -2.12. The van der Waals surface area contributed by atoms with Crippen LogP contribution in [0.25, 0.3) is 0 Å². The molecule has 3 heteroatoms. The van der Waals surface area contributed by atoms with Gasteiger partial charge >= 0.3 is 0 Å². The molecule has 0 atom stereocenters. The van der Waals surface area contributed by atoms with Crippen LogP contribution in [0.5, 0.6) is 0 Å². The molecule has 19 heavy (non-hydrogen) atoms. The number of unbranched alkanes of at least 4 members (excludes halogenated alkanes) is 5. The van der Waals surface area contributed by atoms with E-state index in [0.29, 0.717) is 11.6 Å². The minimum atomic E-state index is -0.0367. The van der Waals surface area contributed by atoms with E-state index in [-0.39, 0.29) is 5.56 Å². The summed E-state index contributed by atoms with van der Waals surface area (Å²) in [6.45, 7) is 8.27. The van der Waals surface area contributed by atoms with Crippen LogP contribution in [-0.4, -0.2) is 9.97 Å². The number of hydrogen-bond acceptors (Lipinski definition) is 2. The molecule has 3 nitrogen and oxygen atoms in total. The molecular formula is C16H28N2O. The molecule has 0 bridgehead atoms. The van der Waals surface area contributed by atoms with Gasteiger partial charge in [0.05, 0.1) is 5.69 Å². The summed E-state index contributed by atoms with van der Waals surface area (Å²) in [6, 6.07) is 0. The smallest absolute Gasteiger partial charge is 0.269 e. The highest BCUT2D eigenvalue weighted by Gasteiger charge is 2.11. The lowest BCUT2D eigenvalue weighted by molar-refractivity contribution is 0.599. The van der Waals surface area contributed by atoms with Gasteiger partial charge in [-0.25, -0.2) is 0 Å². The van der Waals surface area contributed by atoms with Crippen molar-refractivity contribution in [3.8, 4) is 0 Å². The second-order valence-corrected chi connectivity index (χ2v) is 5.69. The van der Waals surface area contributed by atoms with E-state index < -0.39 is 0 Å². The Morgan fingerprint density at radius 3 is 2.37 bits per heavy atom. The first kappa shape index (κ1) is 15.9. The van der Waals surface area contributed by atoms with Gasteiger partial charge < -0.3 is 4.98 Å². The highest BCUT2D eigenvalue weighted by Crippen LogP contribution is 2.17. The quantitative estimate of drug-likeness (QED) is 0.718. The van der Waals surface area contributed by atoms with Gasteiger partial charge in [0.1, 0.15) is 5.69 Å². The van der Waals surface area contributed by atoms with Crippen LogP contribution in [-0.2, 0) is 6.42 Å². The number of rotatable bonds is 8. The summed E-state index contributed by atoms with van der Waals surface area (Å²) < 4.78 is 0. The summed E-state index contributed by atoms with van der Waals surface area (Å²) in [7, 11) is 0. The number of aromatic nitrogens is 2. The molecule has 0 amide bonds. The molecule has 1 aromatic rings. The third-order valence-corrected chi connectivity index (χ3v) is 3.52. The minimum Gasteiger partial charge on any atom is -0.323 e. The van der Waals surface area contributed by atoms with E-state index in [1.165, 1.54) is 32.1 Å². The Hall–Kier alpha value is -1.12. The molecule has 1 aromatic heterocycles. The predicted molar refractivity (Wildman–Crippen MR) is 80.8 cm³/mol. The third kappa shape index (κ3) is 5.17. The molecular weight excluding hydrogens is 236 g/mol. The van der Waals surface area contributed by atoms with Crippen molar-refractivity contribution >= 4 is 0 Å². The van der Waals surface area contributed by atoms with Crippen molar-refractivity contribution in [3.63, 3.8) is 0 Å². The third-order valence-electron chi connectivity index (χ3n) is 3.52. The van der Waals surface area contributed by atoms with Crippen molar-refractivity contribution in [3.05, 3.63) is 27.4 Å². The van der Waals surface area contributed by atoms with Gasteiger partial charge in [0.15, 0.2) is 0 Å². The van der Waals surface area contributed by atoms with Gasteiger partial charge in [-0.05, 0) is 25.7 Å². The Labute approximate surface area is 116 Å². The molecule has 0 aliphatic heterocycles. The first-order valence-electron chi connectivity index (χ1n) is 7.66. The van der Waals surface area contributed by atoms with Gasteiger partial charge in [-0.15, -0.1) is 0 Å². The lowest BCUT2D eigenvalue weighted by Crippen LogP contribution is -2.18. The van der Waals surface area contributed by atoms with E-state index in [9.17, 15) is 4.79 Å². The van der Waals surface area contributed by atoms with E-state index in [4.69, 9.17) is 0 Å². The highest BCUT2D eigenvalue weighted by molar-refractivity contribution is 5.17. The zero-order valence-electron chi connectivity index (χ0n) is 12.9. The zero-order chi connectivity index (χ0) is 14.3. The monoisotopic (exact) mass is 264 g/mol. The summed E-state index contributed by atoms with van der Waals surface area (Å²) in [5.74, 6) is 0.366. The summed E-state index contributed by atoms with van der Waals surface area (Å²) in [5, 5.41) is 0. The second-order valence-electron chi connectivity index (χ2n) is 5.69. The highest BCUT2D eigenvalue weighted by atomic mass is 16.1. The van der Waals surface area contributed by atoms with Crippen LogP contribution >= 0.6 is 0 Å². The van der Waals surface area contributed by atoms with Crippen LogP contribution in [0.4, 0.5) is 0 Å². The summed E-state index contributed by atoms with van der Waals surface area (Å²) in [4.78, 5) is 19.1. The minimum absolute atomic E-state index is 0.0367. The maximum atomic E-state index is 11.7. The molecule has 0 spiro atoms. The molecule has 1 N–H and O–H groups in total. The van der Waals surface area contributed by atoms with Crippen LogP contribution in [0.2, 0.25) is 0 Å². The number of nitrogens with one attached hydrogen (secondary N) is 1. The summed E-state index contributed by atoms with van der Waals surface area (Å²) >= 11 is 0. The standard InChI is InChI=1S/C16H28N2O/c1-5-6-7-8-9-10-11-14-15(12(2)3)17-13(4)16(19)18-14/h12H,5-11H2,1-4H3,(H,18,19). The van der Waals surface area contributed by atoms with Crippen LogP contribution < -0.4 is 5.56 Å². The molecule has 0 saturated heterocycles. The summed E-state index contributed by atoms with van der Waals surface area (Å²) in [6.07, 6.45) is 8.58. The topological polar surface area (TPSA) is 45.8 Å². The largest absolute Gasteiger partial charge is 0.323 e. The first-order valence-corrected chi connectivity index (χ1v) is 7.66. The van der Waals surface area contributed by atoms with Gasteiger partial charge in [0, 0.05) is 5.69 Å². The molecule has 0 aliphatic rings. The van der Waals surface area contributed by atoms with Crippen LogP contribution in [0, 0.1) is 6.92 Å². The van der Waals surface area contributed by atoms with E-state index in [1.807, 2.05) is 0 Å². The average molecular weight is 264 g/mol. The molecule has 108 valence electrons. The molecule has 0 radical (unpaired) electrons. The van der Waals surface area contributed by atoms with Crippen molar-refractivity contribution in [2.24, 2.45) is 0 Å². The number of hydrogen-bond donors (Lipinski definition) is 1. The molecule has 0 fully saturated rings. The van der Waals surface area contributed by atoms with Gasteiger partial charge in [-0.3, -0.25) is 9.78 Å². The van der Waals surface area contributed by atoms with Crippen LogP contribution in [0.15, 0.2) is 4.79 Å². The van der Waals surface area contributed by atoms with Crippen LogP contribution in [0.3, 0.4) is 0 Å². The van der Waals surface area contributed by atoms with E-state index in [1.54, 1.807) is 6.92 Å². The number of nitrogens with zero attached hydrogens (tertiary/aromatic N) is 1. The van der Waals surface area contributed by atoms with Crippen molar-refractivity contribution in [1.29, 1.82) is 0 Å². The van der Waals surface area contributed by atoms with E-state index in [0.717, 1.165) is 24.2 Å². The van der Waals surface area contributed by atoms with Gasteiger partial charge in [0.2, 0.25) is 0 Å². The second kappa shape index (κ2) is 8.13. The Morgan fingerprint density at radius 2 is 1.74 bits per heavy atom. The number of aryl methyl sites for hydroxylation is 2. The maximum absolute atomic E-state index is 11.7. The van der Waals surface area contributed by atoms with Gasteiger partial charge in [-0.1, -0.05) is 52.9 Å². The Bertz CT molecular complexity index is 435. The zero-order valence-corrected chi connectivity index (χ0v) is 12.9. The van der Waals surface area contributed by atoms with E-state index >= 15 is 0 Å². The molecule has 1 heterocycles. The van der Waals surface area contributed by atoms with Gasteiger partial charge in [0.25, 0.3) is 5.56 Å². The fourth-order valence-corrected chi connectivity index (χ4v) is 2.34. The van der Waals surface area contributed by atoms with Crippen molar-refractivity contribution in [2.75, 3.05) is 0 Å². The van der Waals surface area contributed by atoms with Crippen molar-refractivity contribution < 1.29 is 0 Å². The molecule has 0 unspecified atom stereocenters. The van der Waals surface area contributed by atoms with Crippen LogP contribution in [0.1, 0.15) is 82.3 Å². The Kier molecular flexibility index (Phi) is 6.82.